The maximum Gasteiger partial charge on any atom is 0.0541 e. The molecular formula is C62H42N2. The summed E-state index contributed by atoms with van der Waals surface area (Å²) in [6, 6.07) is 92.7. The average molecular weight is 815 g/mol. The van der Waals surface area contributed by atoms with Crippen LogP contribution < -0.4 is 4.90 Å². The third kappa shape index (κ3) is 6.52. The van der Waals surface area contributed by atoms with Gasteiger partial charge in [0, 0.05) is 33.4 Å². The highest BCUT2D eigenvalue weighted by molar-refractivity contribution is 6.14. The number of aromatic nitrogens is 1. The van der Waals surface area contributed by atoms with Crippen LogP contribution in [0.15, 0.2) is 255 Å². The Morgan fingerprint density at radius 1 is 0.250 bits per heavy atom. The van der Waals surface area contributed by atoms with Gasteiger partial charge in [-0.25, -0.2) is 0 Å². The zero-order valence-electron chi connectivity index (χ0n) is 35.1. The van der Waals surface area contributed by atoms with Crippen molar-refractivity contribution in [2.45, 2.75) is 0 Å². The van der Waals surface area contributed by atoms with Gasteiger partial charge in [-0.3, -0.25) is 0 Å². The van der Waals surface area contributed by atoms with Crippen LogP contribution in [-0.2, 0) is 0 Å². The third-order valence-corrected chi connectivity index (χ3v) is 12.8. The zero-order valence-corrected chi connectivity index (χ0v) is 35.1. The van der Waals surface area contributed by atoms with Crippen molar-refractivity contribution in [2.24, 2.45) is 0 Å². The van der Waals surface area contributed by atoms with Gasteiger partial charge in [-0.15, -0.1) is 0 Å². The van der Waals surface area contributed by atoms with Gasteiger partial charge in [-0.2, -0.15) is 0 Å². The summed E-state index contributed by atoms with van der Waals surface area (Å²) in [5.74, 6) is 0. The number of para-hydroxylation sites is 2. The van der Waals surface area contributed by atoms with Crippen LogP contribution in [0.25, 0.3) is 93.5 Å². The van der Waals surface area contributed by atoms with Crippen LogP contribution in [0.2, 0.25) is 0 Å². The van der Waals surface area contributed by atoms with E-state index in [2.05, 4.69) is 264 Å². The van der Waals surface area contributed by atoms with E-state index in [9.17, 15) is 0 Å². The Morgan fingerprint density at radius 3 is 1.34 bits per heavy atom. The van der Waals surface area contributed by atoms with E-state index >= 15 is 0 Å². The Kier molecular flexibility index (Phi) is 9.20. The molecule has 0 fully saturated rings. The van der Waals surface area contributed by atoms with Gasteiger partial charge in [0.1, 0.15) is 0 Å². The number of nitrogens with zero attached hydrogens (tertiary/aromatic N) is 2. The molecule has 0 saturated carbocycles. The summed E-state index contributed by atoms with van der Waals surface area (Å²) in [4.78, 5) is 2.38. The normalized spacial score (nSPS) is 11.4. The highest BCUT2D eigenvalue weighted by Crippen LogP contribution is 2.42. The van der Waals surface area contributed by atoms with E-state index < -0.39 is 0 Å². The number of hydrogen-bond acceptors (Lipinski definition) is 1. The standard InChI is InChI=1S/C62H42N2/c1-3-16-43(17-4-1)47-21-15-22-52(40-47)63(50-35-30-45(31-36-50)58-42-49-20-7-8-23-53(49)54-24-9-10-25-55(54)58)51-37-32-46(33-38-51)59-41-48(44-18-5-2-6-19-44)34-39-62(59)64-60-28-13-11-26-56(60)57-27-12-14-29-61(57)64/h1-42H. The molecule has 1 aromatic heterocycles. The second-order valence-corrected chi connectivity index (χ2v) is 16.5. The van der Waals surface area contributed by atoms with Gasteiger partial charge < -0.3 is 9.47 Å². The average Bonchev–Trinajstić information content (AvgIpc) is 3.71. The lowest BCUT2D eigenvalue weighted by Gasteiger charge is -2.27. The fourth-order valence-corrected chi connectivity index (χ4v) is 9.73. The summed E-state index contributed by atoms with van der Waals surface area (Å²) in [6.07, 6.45) is 0. The largest absolute Gasteiger partial charge is 0.310 e. The summed E-state index contributed by atoms with van der Waals surface area (Å²) < 4.78 is 2.43. The van der Waals surface area contributed by atoms with E-state index in [4.69, 9.17) is 0 Å². The minimum absolute atomic E-state index is 1.08. The van der Waals surface area contributed by atoms with Crippen molar-refractivity contribution in [3.63, 3.8) is 0 Å². The van der Waals surface area contributed by atoms with Crippen LogP contribution in [0, 0.1) is 0 Å². The molecule has 12 rings (SSSR count). The van der Waals surface area contributed by atoms with Crippen LogP contribution in [0.3, 0.4) is 0 Å². The summed E-state index contributed by atoms with van der Waals surface area (Å²) in [6.45, 7) is 0. The Hall–Kier alpha value is -8.46. The van der Waals surface area contributed by atoms with Gasteiger partial charge >= 0.3 is 0 Å². The molecular weight excluding hydrogens is 773 g/mol. The maximum absolute atomic E-state index is 2.43. The minimum Gasteiger partial charge on any atom is -0.310 e. The molecule has 0 aliphatic heterocycles. The number of hydrogen-bond donors (Lipinski definition) is 0. The maximum atomic E-state index is 2.43. The van der Waals surface area contributed by atoms with Gasteiger partial charge in [0.15, 0.2) is 0 Å². The highest BCUT2D eigenvalue weighted by Gasteiger charge is 2.19. The van der Waals surface area contributed by atoms with E-state index in [0.717, 1.165) is 28.3 Å². The number of rotatable bonds is 8. The molecule has 0 amide bonds. The second kappa shape index (κ2) is 15.8. The first kappa shape index (κ1) is 37.3. The Labute approximate surface area is 373 Å². The molecule has 300 valence electrons. The lowest BCUT2D eigenvalue weighted by Crippen LogP contribution is -2.10. The molecule has 0 aliphatic carbocycles. The molecule has 0 aliphatic rings. The second-order valence-electron chi connectivity index (χ2n) is 16.5. The van der Waals surface area contributed by atoms with Crippen molar-refractivity contribution < 1.29 is 0 Å². The van der Waals surface area contributed by atoms with Crippen molar-refractivity contribution in [2.75, 3.05) is 4.90 Å². The van der Waals surface area contributed by atoms with Crippen molar-refractivity contribution in [1.82, 2.24) is 4.57 Å². The number of benzene rings is 11. The monoisotopic (exact) mass is 814 g/mol. The topological polar surface area (TPSA) is 8.17 Å². The van der Waals surface area contributed by atoms with Gasteiger partial charge in [0.25, 0.3) is 0 Å². The van der Waals surface area contributed by atoms with E-state index in [1.807, 2.05) is 0 Å². The van der Waals surface area contributed by atoms with E-state index in [0.29, 0.717) is 0 Å². The fraction of sp³-hybridized carbons (Fsp3) is 0. The molecule has 12 aromatic rings. The van der Waals surface area contributed by atoms with Crippen LogP contribution in [0.1, 0.15) is 0 Å². The van der Waals surface area contributed by atoms with Crippen LogP contribution >= 0.6 is 0 Å². The van der Waals surface area contributed by atoms with Crippen LogP contribution in [0.4, 0.5) is 17.1 Å². The summed E-state index contributed by atoms with van der Waals surface area (Å²) in [7, 11) is 0. The van der Waals surface area contributed by atoms with Gasteiger partial charge in [-0.05, 0) is 127 Å². The van der Waals surface area contributed by atoms with Gasteiger partial charge in [-0.1, -0.05) is 188 Å². The molecule has 1 heterocycles. The smallest absolute Gasteiger partial charge is 0.0541 e. The first-order chi connectivity index (χ1) is 31.7. The molecule has 0 spiro atoms. The number of fused-ring (bicyclic) bond motifs is 6. The summed E-state index contributed by atoms with van der Waals surface area (Å²) >= 11 is 0. The van der Waals surface area contributed by atoms with Crippen LogP contribution in [0.5, 0.6) is 0 Å². The molecule has 0 radical (unpaired) electrons. The van der Waals surface area contributed by atoms with Crippen molar-refractivity contribution >= 4 is 60.4 Å². The molecule has 0 unspecified atom stereocenters. The van der Waals surface area contributed by atoms with Crippen molar-refractivity contribution in [3.8, 4) is 50.2 Å². The van der Waals surface area contributed by atoms with Crippen molar-refractivity contribution in [1.29, 1.82) is 0 Å². The van der Waals surface area contributed by atoms with Gasteiger partial charge in [0.2, 0.25) is 0 Å². The molecule has 0 bridgehead atoms. The van der Waals surface area contributed by atoms with Crippen molar-refractivity contribution in [3.05, 3.63) is 255 Å². The third-order valence-electron chi connectivity index (χ3n) is 12.8. The predicted octanol–water partition coefficient (Wildman–Crippen LogP) is 17.2. The lowest BCUT2D eigenvalue weighted by molar-refractivity contribution is 1.18. The van der Waals surface area contributed by atoms with E-state index in [1.54, 1.807) is 0 Å². The Balaban J connectivity index is 1.00. The number of anilines is 3. The molecule has 0 N–H and O–H groups in total. The molecule has 0 saturated heterocycles. The molecule has 2 heteroatoms. The fourth-order valence-electron chi connectivity index (χ4n) is 9.73. The summed E-state index contributed by atoms with van der Waals surface area (Å²) in [5.41, 5.74) is 16.3. The van der Waals surface area contributed by atoms with Crippen LogP contribution in [-0.4, -0.2) is 4.57 Å². The zero-order chi connectivity index (χ0) is 42.4. The quantitative estimate of drug-likeness (QED) is 0.139. The molecule has 0 atom stereocenters. The Morgan fingerprint density at radius 2 is 0.719 bits per heavy atom. The SMILES string of the molecule is c1ccc(-c2cccc(N(c3ccc(-c4cc(-c5ccccc5)ccc4-n4c5ccccc5c5ccccc54)cc3)c3ccc(-c4cc5ccccc5c5ccccc45)cc3)c2)cc1. The molecule has 11 aromatic carbocycles. The van der Waals surface area contributed by atoms with E-state index in [-0.39, 0.29) is 0 Å². The minimum atomic E-state index is 1.08. The highest BCUT2D eigenvalue weighted by atomic mass is 15.1. The first-order valence-electron chi connectivity index (χ1n) is 22.0. The molecule has 64 heavy (non-hydrogen) atoms. The first-order valence-corrected chi connectivity index (χ1v) is 22.0. The predicted molar refractivity (Wildman–Crippen MR) is 272 cm³/mol. The van der Waals surface area contributed by atoms with Gasteiger partial charge in [0.05, 0.1) is 16.7 Å². The lowest BCUT2D eigenvalue weighted by atomic mass is 9.93. The summed E-state index contributed by atoms with van der Waals surface area (Å²) in [5, 5.41) is 7.55. The van der Waals surface area contributed by atoms with E-state index in [1.165, 1.54) is 82.3 Å². The Bertz CT molecular complexity index is 3590. The molecule has 2 nitrogen and oxygen atoms in total.